The average molecular weight is 618 g/mol. The van der Waals surface area contributed by atoms with Crippen LogP contribution in [-0.4, -0.2) is 47.9 Å². The molecule has 1 aliphatic rings. The number of hydrogen-bond acceptors (Lipinski definition) is 4. The van der Waals surface area contributed by atoms with E-state index in [4.69, 9.17) is 4.55 Å². The predicted molar refractivity (Wildman–Crippen MR) is 180 cm³/mol. The fourth-order valence-electron chi connectivity index (χ4n) is 6.16. The first-order valence-electron chi connectivity index (χ1n) is 15.9. The predicted octanol–water partition coefficient (Wildman–Crippen LogP) is 7.66. The average Bonchev–Trinajstić information content (AvgIpc) is 3.36. The quantitative estimate of drug-likeness (QED) is 0.150. The molecule has 0 fully saturated rings. The van der Waals surface area contributed by atoms with E-state index in [0.717, 1.165) is 36.9 Å². The topological polar surface area (TPSA) is 103 Å². The van der Waals surface area contributed by atoms with E-state index in [0.29, 0.717) is 18.0 Å². The normalized spacial score (nSPS) is 14.6. The molecule has 8 heteroatoms. The Bertz CT molecular complexity index is 1640. The van der Waals surface area contributed by atoms with Crippen LogP contribution in [0.25, 0.3) is 10.9 Å². The van der Waals surface area contributed by atoms with Crippen molar-refractivity contribution in [1.29, 1.82) is 0 Å². The maximum atomic E-state index is 12.5. The van der Waals surface area contributed by atoms with Gasteiger partial charge >= 0.3 is 0 Å². The number of carbonyl (C=O) groups is 1. The van der Waals surface area contributed by atoms with Gasteiger partial charge in [-0.25, -0.2) is 0 Å². The van der Waals surface area contributed by atoms with E-state index in [2.05, 4.69) is 65.4 Å². The molecule has 7 nitrogen and oxygen atoms in total. The van der Waals surface area contributed by atoms with Crippen molar-refractivity contribution < 1.29 is 17.8 Å². The zero-order chi connectivity index (χ0) is 31.7. The highest BCUT2D eigenvalue weighted by Crippen LogP contribution is 2.33. The summed E-state index contributed by atoms with van der Waals surface area (Å²) in [7, 11) is -4.06. The number of anilines is 1. The van der Waals surface area contributed by atoms with Gasteiger partial charge in [-0.2, -0.15) is 8.42 Å². The second kappa shape index (κ2) is 15.5. The molecule has 236 valence electrons. The molecule has 3 aromatic carbocycles. The monoisotopic (exact) mass is 617 g/mol. The number of benzene rings is 3. The molecule has 3 N–H and O–H groups in total. The number of carbonyl (C=O) groups excluding carboxylic acids is 1. The van der Waals surface area contributed by atoms with Crippen LogP contribution in [0.1, 0.15) is 73.9 Å². The number of amides is 1. The largest absolute Gasteiger partial charge is 0.358 e. The molecular formula is C36H47N3O4S. The van der Waals surface area contributed by atoms with Crippen molar-refractivity contribution in [3.63, 3.8) is 0 Å². The van der Waals surface area contributed by atoms with Gasteiger partial charge in [0.05, 0.1) is 4.90 Å². The molecule has 1 aromatic heterocycles. The summed E-state index contributed by atoms with van der Waals surface area (Å²) in [5, 5.41) is 4.41. The highest BCUT2D eigenvalue weighted by atomic mass is 32.2. The first-order chi connectivity index (χ1) is 21.1. The van der Waals surface area contributed by atoms with Gasteiger partial charge in [-0.05, 0) is 118 Å². The van der Waals surface area contributed by atoms with Crippen molar-refractivity contribution in [2.45, 2.75) is 90.0 Å². The molecule has 1 aliphatic carbocycles. The second-order valence-corrected chi connectivity index (χ2v) is 13.2. The second-order valence-electron chi connectivity index (χ2n) is 11.8. The Balaban J connectivity index is 0.000000309. The fourth-order valence-corrected chi connectivity index (χ4v) is 6.96. The Hall–Kier alpha value is -3.46. The maximum Gasteiger partial charge on any atom is 0.294 e. The van der Waals surface area contributed by atoms with Gasteiger partial charge in [0, 0.05) is 34.7 Å². The van der Waals surface area contributed by atoms with Crippen molar-refractivity contribution in [3.05, 3.63) is 94.7 Å². The fraction of sp³-hybridized carbons (Fsp3) is 0.417. The van der Waals surface area contributed by atoms with Crippen LogP contribution in [0.3, 0.4) is 0 Å². The molecule has 1 amide bonds. The number of aromatic nitrogens is 1. The zero-order valence-corrected chi connectivity index (χ0v) is 27.3. The number of fused-ring (bicyclic) bond motifs is 3. The molecular weight excluding hydrogens is 570 g/mol. The summed E-state index contributed by atoms with van der Waals surface area (Å²) in [6, 6.07) is 22.1. The van der Waals surface area contributed by atoms with Crippen LogP contribution in [0.5, 0.6) is 0 Å². The highest BCUT2D eigenvalue weighted by Gasteiger charge is 2.26. The SMILES string of the molecule is CCCN(CCC)C1CCc2[nH]c3ccc(NC(=O)CCCc4ccccc4)cc3c2C1.Cc1cccc(S(=O)(=O)O)c1C. The molecule has 1 atom stereocenters. The summed E-state index contributed by atoms with van der Waals surface area (Å²) in [6.45, 7) is 10.4. The zero-order valence-electron chi connectivity index (χ0n) is 26.5. The van der Waals surface area contributed by atoms with Crippen molar-refractivity contribution in [2.24, 2.45) is 0 Å². The summed E-state index contributed by atoms with van der Waals surface area (Å²) in [4.78, 5) is 18.8. The van der Waals surface area contributed by atoms with E-state index in [1.807, 2.05) is 12.1 Å². The number of nitrogens with one attached hydrogen (secondary N) is 2. The molecule has 0 spiro atoms. The minimum absolute atomic E-state index is 0.0116. The summed E-state index contributed by atoms with van der Waals surface area (Å²) >= 11 is 0. The van der Waals surface area contributed by atoms with Crippen molar-refractivity contribution in [2.75, 3.05) is 18.4 Å². The summed E-state index contributed by atoms with van der Waals surface area (Å²) < 4.78 is 30.3. The Morgan fingerprint density at radius 2 is 1.73 bits per heavy atom. The summed E-state index contributed by atoms with van der Waals surface area (Å²) in [6.07, 6.45) is 8.20. The minimum Gasteiger partial charge on any atom is -0.358 e. The first kappa shape index (κ1) is 33.4. The van der Waals surface area contributed by atoms with Gasteiger partial charge in [-0.1, -0.05) is 56.3 Å². The number of aryl methyl sites for hydroxylation is 3. The maximum absolute atomic E-state index is 12.5. The molecule has 0 saturated heterocycles. The molecule has 0 saturated carbocycles. The highest BCUT2D eigenvalue weighted by molar-refractivity contribution is 7.85. The van der Waals surface area contributed by atoms with Crippen LogP contribution >= 0.6 is 0 Å². The first-order valence-corrected chi connectivity index (χ1v) is 17.3. The van der Waals surface area contributed by atoms with Crippen LogP contribution in [0, 0.1) is 13.8 Å². The Labute approximate surface area is 262 Å². The molecule has 0 aliphatic heterocycles. The van der Waals surface area contributed by atoms with E-state index in [9.17, 15) is 13.2 Å². The summed E-state index contributed by atoms with van der Waals surface area (Å²) in [5.41, 5.74) is 7.67. The van der Waals surface area contributed by atoms with Gasteiger partial charge in [0.1, 0.15) is 0 Å². The minimum atomic E-state index is -4.06. The van der Waals surface area contributed by atoms with Gasteiger partial charge in [-0.3, -0.25) is 9.35 Å². The standard InChI is InChI=1S/C28H37N3O.C8H10O3S/c1-3-17-31(18-4-2)23-14-16-27-25(20-23)24-19-22(13-15-26(24)30-27)29-28(32)12-8-11-21-9-6-5-7-10-21;1-6-4-3-5-8(7(6)2)12(9,10)11/h5-7,9-10,13,15,19,23,30H,3-4,8,11-12,14,16-18,20H2,1-2H3,(H,29,32);3-5H,1-2H3,(H,9,10,11). The van der Waals surface area contributed by atoms with Crippen molar-refractivity contribution in [1.82, 2.24) is 9.88 Å². The van der Waals surface area contributed by atoms with E-state index in [-0.39, 0.29) is 10.8 Å². The summed E-state index contributed by atoms with van der Waals surface area (Å²) in [5.74, 6) is 0.0969. The number of nitrogens with zero attached hydrogens (tertiary/aromatic N) is 1. The van der Waals surface area contributed by atoms with E-state index >= 15 is 0 Å². The van der Waals surface area contributed by atoms with Crippen LogP contribution in [0.4, 0.5) is 5.69 Å². The molecule has 4 aromatic rings. The number of hydrogen-bond donors (Lipinski definition) is 3. The van der Waals surface area contributed by atoms with Crippen molar-refractivity contribution >= 4 is 32.6 Å². The smallest absolute Gasteiger partial charge is 0.294 e. The van der Waals surface area contributed by atoms with Crippen LogP contribution in [0.2, 0.25) is 0 Å². The van der Waals surface area contributed by atoms with Gasteiger partial charge in [0.2, 0.25) is 5.91 Å². The third-order valence-electron chi connectivity index (χ3n) is 8.53. The lowest BCUT2D eigenvalue weighted by Gasteiger charge is -2.34. The Morgan fingerprint density at radius 3 is 2.39 bits per heavy atom. The van der Waals surface area contributed by atoms with E-state index in [1.54, 1.807) is 26.0 Å². The third-order valence-corrected chi connectivity index (χ3v) is 9.53. The molecule has 0 bridgehead atoms. The Kier molecular flexibility index (Phi) is 11.8. The van der Waals surface area contributed by atoms with E-state index in [1.165, 1.54) is 66.1 Å². The van der Waals surface area contributed by atoms with Gasteiger partial charge < -0.3 is 15.2 Å². The van der Waals surface area contributed by atoms with Gasteiger partial charge in [-0.15, -0.1) is 0 Å². The molecule has 44 heavy (non-hydrogen) atoms. The molecule has 5 rings (SSSR count). The van der Waals surface area contributed by atoms with Crippen LogP contribution in [0.15, 0.2) is 71.6 Å². The number of H-pyrrole nitrogens is 1. The molecule has 1 unspecified atom stereocenters. The third kappa shape index (κ3) is 8.80. The van der Waals surface area contributed by atoms with Crippen LogP contribution < -0.4 is 5.32 Å². The number of rotatable bonds is 11. The molecule has 1 heterocycles. The molecule has 0 radical (unpaired) electrons. The number of aromatic amines is 1. The lowest BCUT2D eigenvalue weighted by atomic mass is 9.90. The van der Waals surface area contributed by atoms with Gasteiger partial charge in [0.15, 0.2) is 0 Å². The lowest BCUT2D eigenvalue weighted by molar-refractivity contribution is -0.116. The van der Waals surface area contributed by atoms with E-state index < -0.39 is 10.1 Å². The lowest BCUT2D eigenvalue weighted by Crippen LogP contribution is -2.40. The van der Waals surface area contributed by atoms with Crippen LogP contribution in [-0.2, 0) is 34.2 Å². The van der Waals surface area contributed by atoms with Crippen molar-refractivity contribution in [3.8, 4) is 0 Å². The Morgan fingerprint density at radius 1 is 1.00 bits per heavy atom. The van der Waals surface area contributed by atoms with Gasteiger partial charge in [0.25, 0.3) is 10.1 Å².